The number of ether oxygens (including phenoxy) is 1. The average Bonchev–Trinajstić information content (AvgIpc) is 3.59. The summed E-state index contributed by atoms with van der Waals surface area (Å²) in [5.41, 5.74) is 4.13. The van der Waals surface area contributed by atoms with Crippen LogP contribution in [0.4, 0.5) is 5.69 Å². The number of allylic oxidation sites excluding steroid dienone is 2. The van der Waals surface area contributed by atoms with Gasteiger partial charge in [0.1, 0.15) is 10.4 Å². The Morgan fingerprint density at radius 2 is 1.62 bits per heavy atom. The van der Waals surface area contributed by atoms with Crippen molar-refractivity contribution in [1.29, 1.82) is 0 Å². The molecule has 2 amide bonds. The Morgan fingerprint density at radius 1 is 0.906 bits per heavy atom. The van der Waals surface area contributed by atoms with Gasteiger partial charge >= 0.3 is 57.4 Å². The van der Waals surface area contributed by atoms with Gasteiger partial charge < -0.3 is 23.6 Å². The molecule has 2 aromatic carbocycles. The van der Waals surface area contributed by atoms with Crippen LogP contribution < -0.4 is 65.6 Å². The van der Waals surface area contributed by atoms with Gasteiger partial charge in [0.25, 0.3) is 16.8 Å². The van der Waals surface area contributed by atoms with E-state index in [1.54, 1.807) is 12.1 Å². The van der Waals surface area contributed by atoms with E-state index in [1.165, 1.54) is 11.3 Å². The fourth-order valence-corrected chi connectivity index (χ4v) is 8.12. The maximum Gasteiger partial charge on any atom is 1.00 e. The Labute approximate surface area is 355 Å². The number of rotatable bonds is 18. The molecule has 0 radical (unpaired) electrons. The topological polar surface area (TPSA) is 194 Å². The number of para-hydroxylation sites is 1. The second kappa shape index (κ2) is 19.9. The second-order valence-electron chi connectivity index (χ2n) is 12.5. The van der Waals surface area contributed by atoms with Crippen LogP contribution in [0.25, 0.3) is 21.9 Å². The first kappa shape index (κ1) is 43.2. The molecule has 1 fully saturated rings. The molecule has 1 saturated heterocycles. The number of fused-ring (bicyclic) bond motifs is 2. The number of imide groups is 1. The minimum atomic E-state index is -4.39. The van der Waals surface area contributed by atoms with Crippen molar-refractivity contribution < 1.29 is 106 Å². The van der Waals surface area contributed by atoms with E-state index in [-0.39, 0.29) is 96.6 Å². The zero-order chi connectivity index (χ0) is 37.3. The van der Waals surface area contributed by atoms with Gasteiger partial charge in [0, 0.05) is 67.6 Å². The molecule has 18 heteroatoms. The number of benzene rings is 2. The molecule has 0 aliphatic carbocycles. The first-order chi connectivity index (χ1) is 24.8. The molecule has 3 aromatic rings. The Hall–Kier alpha value is -2.52. The van der Waals surface area contributed by atoms with Crippen molar-refractivity contribution in [3.63, 3.8) is 0 Å². The minimum absolute atomic E-state index is 0. The van der Waals surface area contributed by atoms with Gasteiger partial charge in [0.05, 0.1) is 32.9 Å². The van der Waals surface area contributed by atoms with E-state index in [1.807, 2.05) is 34.9 Å². The summed E-state index contributed by atoms with van der Waals surface area (Å²) in [4.78, 5) is 42.7. The maximum absolute atomic E-state index is 12.1. The van der Waals surface area contributed by atoms with Gasteiger partial charge in [-0.3, -0.25) is 9.59 Å². The van der Waals surface area contributed by atoms with Crippen LogP contribution in [0.3, 0.4) is 0 Å². The van der Waals surface area contributed by atoms with Crippen LogP contribution in [-0.4, -0.2) is 80.0 Å². The van der Waals surface area contributed by atoms with Gasteiger partial charge in [-0.1, -0.05) is 48.1 Å². The fourth-order valence-electron chi connectivity index (χ4n) is 6.09. The SMILES string of the molecule is O=C(CCCCCN1CC/C(=C\C=C\c2sc3ccc(OCCCS(=O)(=O)[O-])cc3[n+]2CCCS(=O)(=O)[O-])c2ccccc21)ON1C(=O)CCC1=O.[K+]. The van der Waals surface area contributed by atoms with E-state index in [9.17, 15) is 40.3 Å². The standard InChI is InChI=1S/C35H41N3O11S3.K/c39-32-16-17-33(40)38(32)49-35(41)13-2-1-5-19-36-21-18-26(28-10-3-4-11-29(28)36)9-6-12-34-37(20-7-23-51(42,43)44)30-25-27(14-15-31(30)50-34)48-22-8-24-52(45,46)47;/h3-4,6,9-12,14-15,25H,1-2,5,7-8,13,16-24H2,(H-,42,43,44,45,46,47);/q;+1/p-1. The molecular formula is C35H40KN3O11S3. The number of hydroxylamine groups is 2. The number of nitrogens with zero attached hydrogens (tertiary/aromatic N) is 3. The largest absolute Gasteiger partial charge is 1.00 e. The van der Waals surface area contributed by atoms with E-state index < -0.39 is 49.5 Å². The van der Waals surface area contributed by atoms with Gasteiger partial charge in [-0.05, 0) is 49.5 Å². The second-order valence-corrected chi connectivity index (χ2v) is 16.6. The van der Waals surface area contributed by atoms with E-state index >= 15 is 0 Å². The number of hydrogen-bond acceptors (Lipinski definition) is 13. The van der Waals surface area contributed by atoms with Crippen molar-refractivity contribution in [2.45, 2.75) is 64.3 Å². The van der Waals surface area contributed by atoms with Crippen molar-refractivity contribution in [1.82, 2.24) is 5.06 Å². The van der Waals surface area contributed by atoms with Gasteiger partial charge in [-0.2, -0.15) is 4.57 Å². The zero-order valence-electron chi connectivity index (χ0n) is 29.4. The quantitative estimate of drug-likeness (QED) is 0.0581. The average molecular weight is 814 g/mol. The Kier molecular flexibility index (Phi) is 16.2. The summed E-state index contributed by atoms with van der Waals surface area (Å²) < 4.78 is 75.2. The van der Waals surface area contributed by atoms with Crippen LogP contribution in [0.2, 0.25) is 0 Å². The van der Waals surface area contributed by atoms with Crippen LogP contribution in [0, 0.1) is 0 Å². The third-order valence-corrected chi connectivity index (χ3v) is 11.3. The predicted octanol–water partition coefficient (Wildman–Crippen LogP) is 0.917. The predicted molar refractivity (Wildman–Crippen MR) is 192 cm³/mol. The van der Waals surface area contributed by atoms with Crippen molar-refractivity contribution in [3.8, 4) is 5.75 Å². The number of thiazole rings is 1. The molecule has 2 aliphatic heterocycles. The monoisotopic (exact) mass is 813 g/mol. The molecule has 5 rings (SSSR count). The normalized spacial score (nSPS) is 15.7. The van der Waals surface area contributed by atoms with Crippen molar-refractivity contribution in [2.24, 2.45) is 0 Å². The molecule has 53 heavy (non-hydrogen) atoms. The van der Waals surface area contributed by atoms with Gasteiger partial charge in [0.2, 0.25) is 5.52 Å². The van der Waals surface area contributed by atoms with Gasteiger partial charge in [0.15, 0.2) is 6.54 Å². The van der Waals surface area contributed by atoms with Gasteiger partial charge in [-0.15, -0.1) is 5.06 Å². The number of aromatic nitrogens is 1. The van der Waals surface area contributed by atoms with Crippen molar-refractivity contribution in [2.75, 3.05) is 36.1 Å². The Morgan fingerprint density at radius 3 is 2.36 bits per heavy atom. The van der Waals surface area contributed by atoms with E-state index in [0.717, 1.165) is 64.4 Å². The maximum atomic E-state index is 12.1. The molecule has 2 aliphatic rings. The number of carbonyl (C=O) groups is 3. The van der Waals surface area contributed by atoms with E-state index in [2.05, 4.69) is 23.1 Å². The summed E-state index contributed by atoms with van der Waals surface area (Å²) >= 11 is 1.49. The Balaban J connectivity index is 0.00000627. The van der Waals surface area contributed by atoms with Crippen LogP contribution in [0.1, 0.15) is 68.4 Å². The number of amides is 2. The first-order valence-electron chi connectivity index (χ1n) is 17.0. The molecule has 0 atom stereocenters. The molecule has 3 heterocycles. The van der Waals surface area contributed by atoms with E-state index in [0.29, 0.717) is 17.2 Å². The molecule has 14 nitrogen and oxygen atoms in total. The third kappa shape index (κ3) is 13.0. The van der Waals surface area contributed by atoms with E-state index in [4.69, 9.17) is 9.57 Å². The minimum Gasteiger partial charge on any atom is -0.748 e. The summed E-state index contributed by atoms with van der Waals surface area (Å²) in [6.07, 6.45) is 9.37. The van der Waals surface area contributed by atoms with Crippen LogP contribution in [0.15, 0.2) is 54.6 Å². The number of anilines is 1. The zero-order valence-corrected chi connectivity index (χ0v) is 35.0. The smallest absolute Gasteiger partial charge is 0.748 e. The summed E-state index contributed by atoms with van der Waals surface area (Å²) in [6.45, 7) is 1.90. The molecule has 0 unspecified atom stereocenters. The van der Waals surface area contributed by atoms with Crippen LogP contribution in [0.5, 0.6) is 5.75 Å². The number of hydrogen-bond donors (Lipinski definition) is 0. The summed E-state index contributed by atoms with van der Waals surface area (Å²) in [5, 5.41) is 1.41. The molecule has 0 spiro atoms. The molecule has 280 valence electrons. The molecular weight excluding hydrogens is 774 g/mol. The van der Waals surface area contributed by atoms with Crippen LogP contribution in [-0.2, 0) is 46.0 Å². The number of aryl methyl sites for hydroxylation is 1. The van der Waals surface area contributed by atoms with Crippen molar-refractivity contribution in [3.05, 3.63) is 65.2 Å². The summed E-state index contributed by atoms with van der Waals surface area (Å²) in [5.74, 6) is -2.13. The summed E-state index contributed by atoms with van der Waals surface area (Å²) in [6, 6.07) is 13.5. The number of unbranched alkanes of at least 4 members (excludes halogenated alkanes) is 2. The molecule has 1 aromatic heterocycles. The third-order valence-electron chi connectivity index (χ3n) is 8.57. The first-order valence-corrected chi connectivity index (χ1v) is 21.0. The molecule has 0 bridgehead atoms. The molecule has 0 saturated carbocycles. The van der Waals surface area contributed by atoms with Gasteiger partial charge in [-0.25, -0.2) is 21.6 Å². The fraction of sp³-hybridized carbons (Fsp3) is 0.429. The summed E-state index contributed by atoms with van der Waals surface area (Å²) in [7, 11) is -8.73. The molecule has 0 N–H and O–H groups in total. The number of carbonyl (C=O) groups excluding carboxylic acids is 3. The van der Waals surface area contributed by atoms with Crippen molar-refractivity contribution >= 4 is 76.9 Å². The Bertz CT molecular complexity index is 2070. The van der Waals surface area contributed by atoms with Crippen LogP contribution >= 0.6 is 11.3 Å².